The smallest absolute Gasteiger partial charge is 0.0294 e. The summed E-state index contributed by atoms with van der Waals surface area (Å²) in [6.45, 7) is 5.28. The summed E-state index contributed by atoms with van der Waals surface area (Å²) in [5, 5.41) is 3.74. The lowest BCUT2D eigenvalue weighted by molar-refractivity contribution is 0.226. The van der Waals surface area contributed by atoms with Crippen LogP contribution in [0.15, 0.2) is 24.3 Å². The van der Waals surface area contributed by atoms with Crippen LogP contribution in [0.5, 0.6) is 0 Å². The van der Waals surface area contributed by atoms with Gasteiger partial charge in [-0.3, -0.25) is 0 Å². The molecule has 1 aliphatic rings. The first-order valence-electron chi connectivity index (χ1n) is 6.92. The molecule has 1 aromatic rings. The van der Waals surface area contributed by atoms with Crippen molar-refractivity contribution in [2.75, 3.05) is 20.1 Å². The van der Waals surface area contributed by atoms with Gasteiger partial charge < -0.3 is 16.0 Å². The van der Waals surface area contributed by atoms with E-state index >= 15 is 0 Å². The van der Waals surface area contributed by atoms with Crippen LogP contribution >= 0.6 is 0 Å². The quantitative estimate of drug-likeness (QED) is 0.854. The zero-order valence-corrected chi connectivity index (χ0v) is 11.5. The number of rotatable bonds is 4. The highest BCUT2D eigenvalue weighted by molar-refractivity contribution is 5.24. The first-order chi connectivity index (χ1) is 8.69. The summed E-state index contributed by atoms with van der Waals surface area (Å²) in [5.41, 5.74) is 8.17. The first kappa shape index (κ1) is 13.5. The van der Waals surface area contributed by atoms with Gasteiger partial charge in [0.1, 0.15) is 0 Å². The van der Waals surface area contributed by atoms with Crippen LogP contribution < -0.4 is 11.1 Å². The molecule has 0 radical (unpaired) electrons. The topological polar surface area (TPSA) is 41.3 Å². The number of likely N-dealkylation sites (tertiary alicyclic amines) is 1. The summed E-state index contributed by atoms with van der Waals surface area (Å²) in [5.74, 6) is 0. The van der Waals surface area contributed by atoms with Crippen molar-refractivity contribution in [2.24, 2.45) is 5.73 Å². The van der Waals surface area contributed by atoms with Crippen LogP contribution in [0.4, 0.5) is 0 Å². The van der Waals surface area contributed by atoms with Crippen molar-refractivity contribution in [1.82, 2.24) is 10.2 Å². The first-order valence-corrected chi connectivity index (χ1v) is 6.92. The minimum atomic E-state index is 0.422. The van der Waals surface area contributed by atoms with Crippen LogP contribution in [0.3, 0.4) is 0 Å². The number of hydrogen-bond donors (Lipinski definition) is 2. The molecule has 0 bridgehead atoms. The van der Waals surface area contributed by atoms with Crippen molar-refractivity contribution < 1.29 is 0 Å². The Hall–Kier alpha value is -0.900. The summed E-state index contributed by atoms with van der Waals surface area (Å²) >= 11 is 0. The van der Waals surface area contributed by atoms with E-state index in [1.54, 1.807) is 0 Å². The standard InChI is InChI=1S/C15H25N3/c1-12(14-5-3-13(11-16)4-6-14)17-15-7-9-18(2)10-8-15/h3-6,12,15,17H,7-11,16H2,1-2H3. The van der Waals surface area contributed by atoms with Gasteiger partial charge in [0.15, 0.2) is 0 Å². The molecule has 18 heavy (non-hydrogen) atoms. The van der Waals surface area contributed by atoms with Gasteiger partial charge >= 0.3 is 0 Å². The molecule has 100 valence electrons. The predicted molar refractivity (Wildman–Crippen MR) is 76.4 cm³/mol. The van der Waals surface area contributed by atoms with Gasteiger partial charge in [-0.25, -0.2) is 0 Å². The van der Waals surface area contributed by atoms with Crippen LogP contribution in [0.1, 0.15) is 36.9 Å². The fourth-order valence-electron chi connectivity index (χ4n) is 2.57. The molecular weight excluding hydrogens is 222 g/mol. The number of nitrogens with zero attached hydrogens (tertiary/aromatic N) is 1. The highest BCUT2D eigenvalue weighted by Crippen LogP contribution is 2.17. The molecular formula is C15H25N3. The third-order valence-corrected chi connectivity index (χ3v) is 3.92. The van der Waals surface area contributed by atoms with Crippen molar-refractivity contribution in [1.29, 1.82) is 0 Å². The normalized spacial score (nSPS) is 19.9. The van der Waals surface area contributed by atoms with Gasteiger partial charge in [-0.2, -0.15) is 0 Å². The van der Waals surface area contributed by atoms with Gasteiger partial charge in [-0.05, 0) is 51.0 Å². The predicted octanol–water partition coefficient (Wildman–Crippen LogP) is 1.89. The van der Waals surface area contributed by atoms with Gasteiger partial charge in [0, 0.05) is 18.6 Å². The SMILES string of the molecule is CC(NC1CCN(C)CC1)c1ccc(CN)cc1. The van der Waals surface area contributed by atoms with Gasteiger partial charge in [-0.1, -0.05) is 24.3 Å². The maximum atomic E-state index is 5.62. The van der Waals surface area contributed by atoms with E-state index in [1.165, 1.54) is 37.1 Å². The van der Waals surface area contributed by atoms with E-state index in [9.17, 15) is 0 Å². The summed E-state index contributed by atoms with van der Waals surface area (Å²) in [6.07, 6.45) is 2.50. The van der Waals surface area contributed by atoms with Crippen molar-refractivity contribution in [2.45, 2.75) is 38.4 Å². The van der Waals surface area contributed by atoms with E-state index in [1.807, 2.05) is 0 Å². The Kier molecular flexibility index (Phi) is 4.75. The molecule has 1 aliphatic heterocycles. The number of hydrogen-bond acceptors (Lipinski definition) is 3. The van der Waals surface area contributed by atoms with Crippen molar-refractivity contribution in [3.8, 4) is 0 Å². The van der Waals surface area contributed by atoms with Crippen LogP contribution in [-0.4, -0.2) is 31.1 Å². The third kappa shape index (κ3) is 3.55. The van der Waals surface area contributed by atoms with E-state index in [0.29, 0.717) is 18.6 Å². The summed E-state index contributed by atoms with van der Waals surface area (Å²) < 4.78 is 0. The largest absolute Gasteiger partial charge is 0.326 e. The molecule has 1 saturated heterocycles. The molecule has 1 aromatic carbocycles. The van der Waals surface area contributed by atoms with Crippen LogP contribution in [0.25, 0.3) is 0 Å². The average Bonchev–Trinajstić information content (AvgIpc) is 2.41. The number of benzene rings is 1. The molecule has 0 aromatic heterocycles. The molecule has 3 nitrogen and oxygen atoms in total. The second kappa shape index (κ2) is 6.32. The number of nitrogens with one attached hydrogen (secondary N) is 1. The van der Waals surface area contributed by atoms with Crippen LogP contribution in [0.2, 0.25) is 0 Å². The molecule has 3 heteroatoms. The molecule has 0 spiro atoms. The van der Waals surface area contributed by atoms with Gasteiger partial charge in [0.05, 0.1) is 0 Å². The van der Waals surface area contributed by atoms with Crippen LogP contribution in [-0.2, 0) is 6.54 Å². The molecule has 2 rings (SSSR count). The molecule has 0 aliphatic carbocycles. The van der Waals surface area contributed by atoms with Crippen molar-refractivity contribution in [3.05, 3.63) is 35.4 Å². The van der Waals surface area contributed by atoms with E-state index in [2.05, 4.69) is 48.5 Å². The second-order valence-corrected chi connectivity index (χ2v) is 5.41. The minimum Gasteiger partial charge on any atom is -0.326 e. The van der Waals surface area contributed by atoms with Gasteiger partial charge in [0.2, 0.25) is 0 Å². The molecule has 0 amide bonds. The minimum absolute atomic E-state index is 0.422. The van der Waals surface area contributed by atoms with Crippen molar-refractivity contribution in [3.63, 3.8) is 0 Å². The van der Waals surface area contributed by atoms with E-state index in [-0.39, 0.29) is 0 Å². The van der Waals surface area contributed by atoms with E-state index in [4.69, 9.17) is 5.73 Å². The van der Waals surface area contributed by atoms with Gasteiger partial charge in [0.25, 0.3) is 0 Å². The van der Waals surface area contributed by atoms with Gasteiger partial charge in [-0.15, -0.1) is 0 Å². The van der Waals surface area contributed by atoms with E-state index < -0.39 is 0 Å². The lowest BCUT2D eigenvalue weighted by Gasteiger charge is -2.31. The average molecular weight is 247 g/mol. The summed E-state index contributed by atoms with van der Waals surface area (Å²) in [4.78, 5) is 2.40. The summed E-state index contributed by atoms with van der Waals surface area (Å²) in [7, 11) is 2.20. The highest BCUT2D eigenvalue weighted by Gasteiger charge is 2.18. The highest BCUT2D eigenvalue weighted by atomic mass is 15.1. The molecule has 1 atom stereocenters. The molecule has 3 N–H and O–H groups in total. The second-order valence-electron chi connectivity index (χ2n) is 5.41. The molecule has 1 fully saturated rings. The Morgan fingerprint density at radius 3 is 2.44 bits per heavy atom. The number of piperidine rings is 1. The third-order valence-electron chi connectivity index (χ3n) is 3.92. The Balaban J connectivity index is 1.88. The lowest BCUT2D eigenvalue weighted by Crippen LogP contribution is -2.41. The lowest BCUT2D eigenvalue weighted by atomic mass is 10.0. The summed E-state index contributed by atoms with van der Waals surface area (Å²) in [6, 6.07) is 9.71. The molecule has 1 unspecified atom stereocenters. The maximum Gasteiger partial charge on any atom is 0.0294 e. The van der Waals surface area contributed by atoms with E-state index in [0.717, 1.165) is 0 Å². The van der Waals surface area contributed by atoms with Crippen molar-refractivity contribution >= 4 is 0 Å². The maximum absolute atomic E-state index is 5.62. The Morgan fingerprint density at radius 1 is 1.28 bits per heavy atom. The monoisotopic (exact) mass is 247 g/mol. The Labute approximate surface area is 110 Å². The number of nitrogens with two attached hydrogens (primary N) is 1. The zero-order chi connectivity index (χ0) is 13.0. The fourth-order valence-corrected chi connectivity index (χ4v) is 2.57. The zero-order valence-electron chi connectivity index (χ0n) is 11.5. The Morgan fingerprint density at radius 2 is 1.89 bits per heavy atom. The molecule has 0 saturated carbocycles. The fraction of sp³-hybridized carbons (Fsp3) is 0.600. The molecule has 1 heterocycles. The Bertz CT molecular complexity index is 353. The van der Waals surface area contributed by atoms with Crippen LogP contribution in [0, 0.1) is 0 Å².